The van der Waals surface area contributed by atoms with Crippen molar-refractivity contribution in [3.05, 3.63) is 54.2 Å². The summed E-state index contributed by atoms with van der Waals surface area (Å²) in [6.07, 6.45) is 1.64. The Morgan fingerprint density at radius 1 is 1.08 bits per heavy atom. The minimum absolute atomic E-state index is 0.262. The van der Waals surface area contributed by atoms with E-state index in [1.165, 1.54) is 0 Å². The first kappa shape index (κ1) is 16.3. The highest BCUT2D eigenvalue weighted by Crippen LogP contribution is 2.19. The van der Waals surface area contributed by atoms with Crippen molar-refractivity contribution in [2.24, 2.45) is 0 Å². The Morgan fingerprint density at radius 3 is 2.54 bits per heavy atom. The normalized spacial score (nSPS) is 15.2. The number of pyridine rings is 1. The van der Waals surface area contributed by atoms with E-state index in [-0.39, 0.29) is 5.56 Å². The van der Waals surface area contributed by atoms with Gasteiger partial charge in [-0.05, 0) is 24.3 Å². The topological polar surface area (TPSA) is 65.9 Å². The number of aromatic carboxylic acids is 1. The summed E-state index contributed by atoms with van der Waals surface area (Å²) >= 11 is 0. The van der Waals surface area contributed by atoms with E-state index in [0.717, 1.165) is 38.5 Å². The van der Waals surface area contributed by atoms with Crippen LogP contribution in [0.15, 0.2) is 48.7 Å². The molecule has 1 aliphatic rings. The van der Waals surface area contributed by atoms with Crippen LogP contribution in [0.4, 0.5) is 5.82 Å². The molecular weight excluding hydrogens is 306 g/mol. The van der Waals surface area contributed by atoms with Crippen LogP contribution >= 0.6 is 0 Å². The SMILES string of the molecule is O=C(O)c1cccnc1N1CCN(CCOc2ccccc2)CC1. The smallest absolute Gasteiger partial charge is 0.339 e. The number of carbonyl (C=O) groups is 1. The van der Waals surface area contributed by atoms with Gasteiger partial charge in [0.25, 0.3) is 0 Å². The predicted molar refractivity (Wildman–Crippen MR) is 91.8 cm³/mol. The fraction of sp³-hybridized carbons (Fsp3) is 0.333. The van der Waals surface area contributed by atoms with Gasteiger partial charge in [-0.25, -0.2) is 9.78 Å². The number of para-hydroxylation sites is 1. The quantitative estimate of drug-likeness (QED) is 0.875. The number of aromatic nitrogens is 1. The number of piperazine rings is 1. The zero-order chi connectivity index (χ0) is 16.8. The molecule has 3 rings (SSSR count). The summed E-state index contributed by atoms with van der Waals surface area (Å²) < 4.78 is 5.73. The molecule has 6 nitrogen and oxygen atoms in total. The zero-order valence-corrected chi connectivity index (χ0v) is 13.5. The maximum absolute atomic E-state index is 11.3. The minimum atomic E-state index is -0.934. The molecular formula is C18H21N3O3. The Hall–Kier alpha value is -2.60. The number of hydrogen-bond donors (Lipinski definition) is 1. The van der Waals surface area contributed by atoms with Crippen molar-refractivity contribution >= 4 is 11.8 Å². The van der Waals surface area contributed by atoms with Gasteiger partial charge in [0, 0.05) is 38.9 Å². The number of hydrogen-bond acceptors (Lipinski definition) is 5. The number of nitrogens with zero attached hydrogens (tertiary/aromatic N) is 3. The molecule has 6 heteroatoms. The minimum Gasteiger partial charge on any atom is -0.492 e. The lowest BCUT2D eigenvalue weighted by Crippen LogP contribution is -2.48. The van der Waals surface area contributed by atoms with Crippen LogP contribution in [-0.2, 0) is 0 Å². The molecule has 2 heterocycles. The average Bonchev–Trinajstić information content (AvgIpc) is 2.63. The number of rotatable bonds is 6. The molecule has 126 valence electrons. The first-order valence-electron chi connectivity index (χ1n) is 8.07. The van der Waals surface area contributed by atoms with Crippen molar-refractivity contribution in [3.63, 3.8) is 0 Å². The van der Waals surface area contributed by atoms with E-state index in [1.807, 2.05) is 35.2 Å². The fourth-order valence-electron chi connectivity index (χ4n) is 2.81. The molecule has 24 heavy (non-hydrogen) atoms. The molecule has 1 aromatic heterocycles. The molecule has 0 atom stereocenters. The van der Waals surface area contributed by atoms with Gasteiger partial charge in [-0.2, -0.15) is 0 Å². The van der Waals surface area contributed by atoms with Gasteiger partial charge in [0.1, 0.15) is 23.7 Å². The van der Waals surface area contributed by atoms with Crippen LogP contribution in [-0.4, -0.2) is 60.3 Å². The molecule has 1 saturated heterocycles. The monoisotopic (exact) mass is 327 g/mol. The van der Waals surface area contributed by atoms with Gasteiger partial charge >= 0.3 is 5.97 Å². The maximum Gasteiger partial charge on any atom is 0.339 e. The second kappa shape index (κ2) is 7.79. The Kier molecular flexibility index (Phi) is 5.28. The lowest BCUT2D eigenvalue weighted by molar-refractivity contribution is 0.0697. The van der Waals surface area contributed by atoms with Crippen molar-refractivity contribution in [2.75, 3.05) is 44.2 Å². The highest BCUT2D eigenvalue weighted by molar-refractivity contribution is 5.93. The van der Waals surface area contributed by atoms with Gasteiger partial charge in [-0.15, -0.1) is 0 Å². The van der Waals surface area contributed by atoms with Crippen molar-refractivity contribution < 1.29 is 14.6 Å². The highest BCUT2D eigenvalue weighted by atomic mass is 16.5. The number of anilines is 1. The summed E-state index contributed by atoms with van der Waals surface area (Å²) in [5.74, 6) is 0.512. The van der Waals surface area contributed by atoms with E-state index >= 15 is 0 Å². The zero-order valence-electron chi connectivity index (χ0n) is 13.5. The van der Waals surface area contributed by atoms with E-state index in [9.17, 15) is 9.90 Å². The summed E-state index contributed by atoms with van der Waals surface area (Å²) in [7, 11) is 0. The first-order valence-corrected chi connectivity index (χ1v) is 8.07. The third-order valence-corrected chi connectivity index (χ3v) is 4.11. The molecule has 1 aromatic carbocycles. The van der Waals surface area contributed by atoms with Crippen molar-refractivity contribution in [1.82, 2.24) is 9.88 Å². The van der Waals surface area contributed by atoms with E-state index in [0.29, 0.717) is 12.4 Å². The van der Waals surface area contributed by atoms with Crippen LogP contribution < -0.4 is 9.64 Å². The van der Waals surface area contributed by atoms with E-state index in [1.54, 1.807) is 18.3 Å². The average molecular weight is 327 g/mol. The Labute approximate surface area is 141 Å². The Balaban J connectivity index is 1.48. The predicted octanol–water partition coefficient (Wildman–Crippen LogP) is 1.98. The van der Waals surface area contributed by atoms with E-state index < -0.39 is 5.97 Å². The molecule has 0 spiro atoms. The first-order chi connectivity index (χ1) is 11.7. The summed E-state index contributed by atoms with van der Waals surface area (Å²) in [5.41, 5.74) is 0.262. The number of ether oxygens (including phenoxy) is 1. The van der Waals surface area contributed by atoms with Crippen LogP contribution in [0.2, 0.25) is 0 Å². The van der Waals surface area contributed by atoms with Crippen LogP contribution in [0.5, 0.6) is 5.75 Å². The third-order valence-electron chi connectivity index (χ3n) is 4.11. The standard InChI is InChI=1S/C18H21N3O3/c22-18(23)16-7-4-8-19-17(16)21-11-9-20(10-12-21)13-14-24-15-5-2-1-3-6-15/h1-8H,9-14H2,(H,22,23). The molecule has 1 N–H and O–H groups in total. The molecule has 0 unspecified atom stereocenters. The van der Waals surface area contributed by atoms with Gasteiger partial charge in [-0.1, -0.05) is 18.2 Å². The van der Waals surface area contributed by atoms with Gasteiger partial charge in [0.15, 0.2) is 0 Å². The van der Waals surface area contributed by atoms with E-state index in [2.05, 4.69) is 9.88 Å². The molecule has 0 aliphatic carbocycles. The Morgan fingerprint density at radius 2 is 1.83 bits per heavy atom. The van der Waals surface area contributed by atoms with Gasteiger partial charge in [-0.3, -0.25) is 4.90 Å². The molecule has 2 aromatic rings. The van der Waals surface area contributed by atoms with Crippen LogP contribution in [0.1, 0.15) is 10.4 Å². The van der Waals surface area contributed by atoms with Gasteiger partial charge < -0.3 is 14.7 Å². The van der Waals surface area contributed by atoms with Gasteiger partial charge in [0.05, 0.1) is 0 Å². The van der Waals surface area contributed by atoms with Crippen LogP contribution in [0.25, 0.3) is 0 Å². The van der Waals surface area contributed by atoms with Crippen molar-refractivity contribution in [2.45, 2.75) is 0 Å². The van der Waals surface area contributed by atoms with Crippen LogP contribution in [0, 0.1) is 0 Å². The van der Waals surface area contributed by atoms with Crippen LogP contribution in [0.3, 0.4) is 0 Å². The number of benzene rings is 1. The third kappa shape index (κ3) is 4.02. The largest absolute Gasteiger partial charge is 0.492 e. The number of carboxylic acids is 1. The molecule has 1 aliphatic heterocycles. The Bertz CT molecular complexity index is 670. The second-order valence-electron chi connectivity index (χ2n) is 5.67. The molecule has 0 saturated carbocycles. The summed E-state index contributed by atoms with van der Waals surface area (Å²) in [6.45, 7) is 4.78. The highest BCUT2D eigenvalue weighted by Gasteiger charge is 2.22. The second-order valence-corrected chi connectivity index (χ2v) is 5.67. The summed E-state index contributed by atoms with van der Waals surface area (Å²) in [5, 5.41) is 9.28. The number of carboxylic acid groups (broad SMARTS) is 1. The van der Waals surface area contributed by atoms with E-state index in [4.69, 9.17) is 4.74 Å². The lowest BCUT2D eigenvalue weighted by Gasteiger charge is -2.35. The summed E-state index contributed by atoms with van der Waals surface area (Å²) in [6, 6.07) is 13.0. The molecule has 1 fully saturated rings. The van der Waals surface area contributed by atoms with Gasteiger partial charge in [0.2, 0.25) is 0 Å². The molecule has 0 bridgehead atoms. The lowest BCUT2D eigenvalue weighted by atomic mass is 10.2. The van der Waals surface area contributed by atoms with Crippen molar-refractivity contribution in [1.29, 1.82) is 0 Å². The fourth-order valence-corrected chi connectivity index (χ4v) is 2.81. The molecule has 0 radical (unpaired) electrons. The van der Waals surface area contributed by atoms with Crippen molar-refractivity contribution in [3.8, 4) is 5.75 Å². The molecule has 0 amide bonds. The summed E-state index contributed by atoms with van der Waals surface area (Å²) in [4.78, 5) is 19.9. The maximum atomic E-state index is 11.3.